The van der Waals surface area contributed by atoms with Crippen LogP contribution in [0.1, 0.15) is 54.9 Å². The molecule has 110 valence electrons. The fourth-order valence-corrected chi connectivity index (χ4v) is 3.08. The van der Waals surface area contributed by atoms with Crippen molar-refractivity contribution in [2.75, 3.05) is 0 Å². The summed E-state index contributed by atoms with van der Waals surface area (Å²) in [6.07, 6.45) is 4.06. The highest BCUT2D eigenvalue weighted by molar-refractivity contribution is 7.11. The third-order valence-corrected chi connectivity index (χ3v) is 4.52. The van der Waals surface area contributed by atoms with Gasteiger partial charge in [-0.3, -0.25) is 4.68 Å². The Morgan fingerprint density at radius 1 is 1.35 bits per heavy atom. The third kappa shape index (κ3) is 3.46. The number of hydrogen-bond acceptors (Lipinski definition) is 4. The summed E-state index contributed by atoms with van der Waals surface area (Å²) in [4.78, 5) is 5.81. The van der Waals surface area contributed by atoms with Crippen molar-refractivity contribution in [3.05, 3.63) is 33.5 Å². The molecule has 0 radical (unpaired) electrons. The Morgan fingerprint density at radius 3 is 2.55 bits per heavy atom. The number of rotatable bonds is 4. The van der Waals surface area contributed by atoms with Crippen molar-refractivity contribution in [2.24, 2.45) is 0 Å². The Labute approximate surface area is 125 Å². The molecule has 20 heavy (non-hydrogen) atoms. The van der Waals surface area contributed by atoms with Crippen LogP contribution in [0, 0.1) is 13.8 Å². The largest absolute Gasteiger partial charge is 0.305 e. The van der Waals surface area contributed by atoms with Gasteiger partial charge in [-0.2, -0.15) is 5.10 Å². The van der Waals surface area contributed by atoms with Crippen LogP contribution >= 0.6 is 11.3 Å². The Hall–Kier alpha value is -1.20. The number of aryl methyl sites for hydroxylation is 2. The van der Waals surface area contributed by atoms with Crippen molar-refractivity contribution in [1.82, 2.24) is 20.1 Å². The minimum Gasteiger partial charge on any atom is -0.305 e. The first-order valence-electron chi connectivity index (χ1n) is 6.98. The predicted octanol–water partition coefficient (Wildman–Crippen LogP) is 3.56. The van der Waals surface area contributed by atoms with E-state index in [1.54, 1.807) is 11.3 Å². The predicted molar refractivity (Wildman–Crippen MR) is 84.1 cm³/mol. The Kier molecular flexibility index (Phi) is 4.30. The molecule has 2 aromatic heterocycles. The molecule has 2 heterocycles. The summed E-state index contributed by atoms with van der Waals surface area (Å²) in [6.45, 7) is 13.6. The maximum atomic E-state index is 4.49. The SMILES string of the molecule is Cc1nc(C)c(C(C)NCc2cnn(C(C)(C)C)c2)s1. The van der Waals surface area contributed by atoms with Gasteiger partial charge in [0.2, 0.25) is 0 Å². The van der Waals surface area contributed by atoms with Gasteiger partial charge in [0, 0.05) is 29.2 Å². The van der Waals surface area contributed by atoms with E-state index >= 15 is 0 Å². The zero-order valence-corrected chi connectivity index (χ0v) is 14.0. The lowest BCUT2D eigenvalue weighted by atomic mass is 10.1. The van der Waals surface area contributed by atoms with E-state index in [1.807, 2.05) is 10.9 Å². The van der Waals surface area contributed by atoms with Gasteiger partial charge in [-0.05, 0) is 41.5 Å². The van der Waals surface area contributed by atoms with Crippen LogP contribution in [0.4, 0.5) is 0 Å². The molecule has 0 saturated heterocycles. The third-order valence-electron chi connectivity index (χ3n) is 3.27. The van der Waals surface area contributed by atoms with Gasteiger partial charge >= 0.3 is 0 Å². The van der Waals surface area contributed by atoms with Gasteiger partial charge in [-0.15, -0.1) is 11.3 Å². The van der Waals surface area contributed by atoms with E-state index in [1.165, 1.54) is 10.4 Å². The zero-order valence-electron chi connectivity index (χ0n) is 13.2. The molecule has 0 saturated carbocycles. The number of thiazole rings is 1. The van der Waals surface area contributed by atoms with Crippen LogP contribution in [-0.2, 0) is 12.1 Å². The number of nitrogens with one attached hydrogen (secondary N) is 1. The molecule has 0 bridgehead atoms. The lowest BCUT2D eigenvalue weighted by molar-refractivity contribution is 0.355. The van der Waals surface area contributed by atoms with Crippen LogP contribution in [0.2, 0.25) is 0 Å². The molecule has 2 aromatic rings. The number of hydrogen-bond donors (Lipinski definition) is 1. The highest BCUT2D eigenvalue weighted by atomic mass is 32.1. The second-order valence-electron chi connectivity index (χ2n) is 6.25. The van der Waals surface area contributed by atoms with Crippen LogP contribution in [-0.4, -0.2) is 14.8 Å². The Bertz CT molecular complexity index is 577. The lowest BCUT2D eigenvalue weighted by Crippen LogP contribution is -2.22. The molecule has 0 aliphatic heterocycles. The lowest BCUT2D eigenvalue weighted by Gasteiger charge is -2.18. The second kappa shape index (κ2) is 5.66. The van der Waals surface area contributed by atoms with E-state index in [-0.39, 0.29) is 5.54 Å². The maximum absolute atomic E-state index is 4.49. The van der Waals surface area contributed by atoms with Crippen molar-refractivity contribution < 1.29 is 0 Å². The number of aromatic nitrogens is 3. The first kappa shape index (κ1) is 15.2. The fraction of sp³-hybridized carbons (Fsp3) is 0.600. The molecule has 0 aliphatic carbocycles. The summed E-state index contributed by atoms with van der Waals surface area (Å²) < 4.78 is 2.01. The Morgan fingerprint density at radius 2 is 2.05 bits per heavy atom. The molecule has 0 fully saturated rings. The fourth-order valence-electron chi connectivity index (χ4n) is 2.13. The highest BCUT2D eigenvalue weighted by Gasteiger charge is 2.15. The normalized spacial score (nSPS) is 13.7. The quantitative estimate of drug-likeness (QED) is 0.937. The summed E-state index contributed by atoms with van der Waals surface area (Å²) in [5, 5.41) is 9.11. The molecule has 0 aromatic carbocycles. The van der Waals surface area contributed by atoms with Crippen LogP contribution < -0.4 is 5.32 Å². The summed E-state index contributed by atoms with van der Waals surface area (Å²) in [6, 6.07) is 0.319. The first-order chi connectivity index (χ1) is 9.27. The molecular weight excluding hydrogens is 268 g/mol. The molecule has 1 unspecified atom stereocenters. The molecule has 2 rings (SSSR count). The van der Waals surface area contributed by atoms with E-state index in [0.29, 0.717) is 6.04 Å². The molecule has 4 nitrogen and oxygen atoms in total. The molecular formula is C15H24N4S. The minimum absolute atomic E-state index is 0.0369. The summed E-state index contributed by atoms with van der Waals surface area (Å²) in [5.41, 5.74) is 2.39. The van der Waals surface area contributed by atoms with E-state index in [9.17, 15) is 0 Å². The topological polar surface area (TPSA) is 42.7 Å². The van der Waals surface area contributed by atoms with Gasteiger partial charge < -0.3 is 5.32 Å². The van der Waals surface area contributed by atoms with Gasteiger partial charge in [-0.1, -0.05) is 0 Å². The van der Waals surface area contributed by atoms with Gasteiger partial charge in [0.05, 0.1) is 22.4 Å². The van der Waals surface area contributed by atoms with Crippen LogP contribution in [0.25, 0.3) is 0 Å². The van der Waals surface area contributed by atoms with Crippen molar-refractivity contribution in [1.29, 1.82) is 0 Å². The summed E-state index contributed by atoms with van der Waals surface area (Å²) in [7, 11) is 0. The van der Waals surface area contributed by atoms with Crippen molar-refractivity contribution >= 4 is 11.3 Å². The highest BCUT2D eigenvalue weighted by Crippen LogP contribution is 2.24. The van der Waals surface area contributed by atoms with Gasteiger partial charge in [0.25, 0.3) is 0 Å². The average molecular weight is 292 g/mol. The number of nitrogens with zero attached hydrogens (tertiary/aromatic N) is 3. The van der Waals surface area contributed by atoms with Crippen molar-refractivity contribution in [3.8, 4) is 0 Å². The van der Waals surface area contributed by atoms with Crippen LogP contribution in [0.5, 0.6) is 0 Å². The smallest absolute Gasteiger partial charge is 0.0900 e. The van der Waals surface area contributed by atoms with E-state index in [2.05, 4.69) is 63.1 Å². The molecule has 0 aliphatic rings. The average Bonchev–Trinajstić information content (AvgIpc) is 2.92. The van der Waals surface area contributed by atoms with E-state index in [0.717, 1.165) is 17.2 Å². The van der Waals surface area contributed by atoms with Crippen molar-refractivity contribution in [2.45, 2.75) is 59.7 Å². The molecule has 0 spiro atoms. The second-order valence-corrected chi connectivity index (χ2v) is 7.48. The van der Waals surface area contributed by atoms with Gasteiger partial charge in [-0.25, -0.2) is 4.98 Å². The monoisotopic (exact) mass is 292 g/mol. The standard InChI is InChI=1S/C15H24N4S/c1-10(14-11(2)18-12(3)20-14)16-7-13-8-17-19(9-13)15(4,5)6/h8-10,16H,7H2,1-6H3. The first-order valence-corrected chi connectivity index (χ1v) is 7.80. The van der Waals surface area contributed by atoms with E-state index < -0.39 is 0 Å². The molecule has 1 N–H and O–H groups in total. The van der Waals surface area contributed by atoms with E-state index in [4.69, 9.17) is 0 Å². The van der Waals surface area contributed by atoms with Crippen LogP contribution in [0.15, 0.2) is 12.4 Å². The zero-order chi connectivity index (χ0) is 14.9. The maximum Gasteiger partial charge on any atom is 0.0900 e. The van der Waals surface area contributed by atoms with Gasteiger partial charge in [0.1, 0.15) is 0 Å². The summed E-state index contributed by atoms with van der Waals surface area (Å²) >= 11 is 1.77. The molecule has 0 amide bonds. The Balaban J connectivity index is 1.98. The van der Waals surface area contributed by atoms with Crippen LogP contribution in [0.3, 0.4) is 0 Å². The molecule has 1 atom stereocenters. The van der Waals surface area contributed by atoms with Gasteiger partial charge in [0.15, 0.2) is 0 Å². The molecule has 5 heteroatoms. The summed E-state index contributed by atoms with van der Waals surface area (Å²) in [5.74, 6) is 0. The minimum atomic E-state index is 0.0369. The van der Waals surface area contributed by atoms with Crippen molar-refractivity contribution in [3.63, 3.8) is 0 Å².